The Balaban J connectivity index is 1.78. The highest BCUT2D eigenvalue weighted by Crippen LogP contribution is 2.27. The lowest BCUT2D eigenvalue weighted by Gasteiger charge is -2.24. The van der Waals surface area contributed by atoms with Gasteiger partial charge in [0.15, 0.2) is 0 Å². The van der Waals surface area contributed by atoms with Crippen molar-refractivity contribution in [3.8, 4) is 11.3 Å². The predicted molar refractivity (Wildman–Crippen MR) is 96.7 cm³/mol. The zero-order valence-corrected chi connectivity index (χ0v) is 14.1. The fraction of sp³-hybridized carbons (Fsp3) is 0.444. The number of benzene rings is 1. The number of nitrogens with zero attached hydrogens (tertiary/aromatic N) is 3. The van der Waals surface area contributed by atoms with Gasteiger partial charge in [-0.25, -0.2) is 4.98 Å². The largest absolute Gasteiger partial charge is 0.395 e. The molecule has 1 aliphatic rings. The van der Waals surface area contributed by atoms with Crippen molar-refractivity contribution in [1.29, 1.82) is 0 Å². The maximum absolute atomic E-state index is 8.91. The Kier molecular flexibility index (Phi) is 5.27. The Morgan fingerprint density at radius 1 is 1.21 bits per heavy atom. The van der Waals surface area contributed by atoms with Crippen LogP contribution in [0.4, 0.5) is 11.8 Å². The average Bonchev–Trinajstić information content (AvgIpc) is 3.13. The molecule has 0 bridgehead atoms. The number of likely N-dealkylation sites (tertiary alicyclic amines) is 1. The fourth-order valence-electron chi connectivity index (χ4n) is 3.16. The third-order valence-electron chi connectivity index (χ3n) is 4.54. The number of nitrogens with one attached hydrogen (secondary N) is 1. The Labute approximate surface area is 142 Å². The van der Waals surface area contributed by atoms with Gasteiger partial charge < -0.3 is 16.2 Å². The predicted octanol–water partition coefficient (Wildman–Crippen LogP) is 2.29. The standard InChI is InChI=1S/C18H25N5O/c1-13(23-9-2-3-10-23)14-4-6-15(7-5-14)16-12-17(20-8-11-24)22-18(19)21-16/h4-7,12-13,24H,2-3,8-11H2,1H3,(H3,19,20,21,22)/t13-/m0/s1. The molecule has 4 N–H and O–H groups in total. The molecule has 1 aromatic carbocycles. The zero-order valence-electron chi connectivity index (χ0n) is 14.1. The number of anilines is 2. The minimum absolute atomic E-state index is 0.0440. The van der Waals surface area contributed by atoms with Gasteiger partial charge in [0.05, 0.1) is 12.3 Å². The van der Waals surface area contributed by atoms with Crippen LogP contribution in [0.1, 0.15) is 31.4 Å². The van der Waals surface area contributed by atoms with Gasteiger partial charge in [0.25, 0.3) is 0 Å². The molecule has 0 unspecified atom stereocenters. The molecule has 128 valence electrons. The van der Waals surface area contributed by atoms with E-state index in [1.54, 1.807) is 0 Å². The molecular weight excluding hydrogens is 302 g/mol. The first-order valence-corrected chi connectivity index (χ1v) is 8.51. The molecule has 0 aliphatic carbocycles. The van der Waals surface area contributed by atoms with Gasteiger partial charge in [0.2, 0.25) is 5.95 Å². The van der Waals surface area contributed by atoms with Gasteiger partial charge in [-0.15, -0.1) is 0 Å². The molecule has 0 saturated carbocycles. The summed E-state index contributed by atoms with van der Waals surface area (Å²) in [7, 11) is 0. The summed E-state index contributed by atoms with van der Waals surface area (Å²) in [5.41, 5.74) is 8.91. The van der Waals surface area contributed by atoms with Crippen molar-refractivity contribution in [2.75, 3.05) is 37.3 Å². The van der Waals surface area contributed by atoms with E-state index in [0.717, 1.165) is 11.3 Å². The monoisotopic (exact) mass is 327 g/mol. The molecule has 6 nitrogen and oxygen atoms in total. The van der Waals surface area contributed by atoms with Gasteiger partial charge in [-0.05, 0) is 38.4 Å². The van der Waals surface area contributed by atoms with Crippen LogP contribution in [0.3, 0.4) is 0 Å². The highest BCUT2D eigenvalue weighted by atomic mass is 16.3. The van der Waals surface area contributed by atoms with Crippen LogP contribution in [-0.4, -0.2) is 46.2 Å². The second-order valence-electron chi connectivity index (χ2n) is 6.19. The quantitative estimate of drug-likeness (QED) is 0.754. The molecule has 0 amide bonds. The van der Waals surface area contributed by atoms with Gasteiger partial charge in [0.1, 0.15) is 5.82 Å². The van der Waals surface area contributed by atoms with Gasteiger partial charge in [-0.3, -0.25) is 4.90 Å². The summed E-state index contributed by atoms with van der Waals surface area (Å²) in [4.78, 5) is 11.0. The van der Waals surface area contributed by atoms with E-state index >= 15 is 0 Å². The first-order valence-electron chi connectivity index (χ1n) is 8.51. The maximum atomic E-state index is 8.91. The van der Waals surface area contributed by atoms with E-state index in [-0.39, 0.29) is 12.6 Å². The molecule has 2 heterocycles. The van der Waals surface area contributed by atoms with E-state index < -0.39 is 0 Å². The molecule has 0 radical (unpaired) electrons. The molecule has 1 aliphatic heterocycles. The van der Waals surface area contributed by atoms with Gasteiger partial charge in [0, 0.05) is 24.2 Å². The Hall–Kier alpha value is -2.18. The molecule has 1 fully saturated rings. The van der Waals surface area contributed by atoms with Crippen molar-refractivity contribution in [1.82, 2.24) is 14.9 Å². The molecule has 3 rings (SSSR count). The second-order valence-corrected chi connectivity index (χ2v) is 6.19. The lowest BCUT2D eigenvalue weighted by molar-refractivity contribution is 0.263. The van der Waals surface area contributed by atoms with Crippen molar-refractivity contribution in [3.63, 3.8) is 0 Å². The molecule has 24 heavy (non-hydrogen) atoms. The first kappa shape index (κ1) is 16.7. The number of aliphatic hydroxyl groups is 1. The first-order chi connectivity index (χ1) is 11.7. The summed E-state index contributed by atoms with van der Waals surface area (Å²) in [6.45, 7) is 5.11. The van der Waals surface area contributed by atoms with Crippen LogP contribution in [0.15, 0.2) is 30.3 Å². The lowest BCUT2D eigenvalue weighted by atomic mass is 10.0. The van der Waals surface area contributed by atoms with E-state index in [2.05, 4.69) is 51.4 Å². The number of nitrogen functional groups attached to an aromatic ring is 1. The zero-order chi connectivity index (χ0) is 16.9. The molecule has 1 atom stereocenters. The second kappa shape index (κ2) is 7.59. The number of aromatic nitrogens is 2. The Morgan fingerprint density at radius 2 is 1.92 bits per heavy atom. The fourth-order valence-corrected chi connectivity index (χ4v) is 3.16. The third kappa shape index (κ3) is 3.83. The van der Waals surface area contributed by atoms with E-state index in [1.807, 2.05) is 6.07 Å². The van der Waals surface area contributed by atoms with Gasteiger partial charge in [-0.1, -0.05) is 24.3 Å². The summed E-state index contributed by atoms with van der Waals surface area (Å²) >= 11 is 0. The highest BCUT2D eigenvalue weighted by Gasteiger charge is 2.19. The van der Waals surface area contributed by atoms with Gasteiger partial charge in [-0.2, -0.15) is 4.98 Å². The Bertz CT molecular complexity index is 668. The van der Waals surface area contributed by atoms with E-state index in [9.17, 15) is 0 Å². The van der Waals surface area contributed by atoms with Crippen LogP contribution in [0.2, 0.25) is 0 Å². The summed E-state index contributed by atoms with van der Waals surface area (Å²) in [5, 5.41) is 11.9. The van der Waals surface area contributed by atoms with Crippen molar-refractivity contribution >= 4 is 11.8 Å². The topological polar surface area (TPSA) is 87.3 Å². The number of hydrogen-bond donors (Lipinski definition) is 3. The molecule has 6 heteroatoms. The minimum Gasteiger partial charge on any atom is -0.395 e. The third-order valence-corrected chi connectivity index (χ3v) is 4.54. The smallest absolute Gasteiger partial charge is 0.222 e. The Morgan fingerprint density at radius 3 is 2.58 bits per heavy atom. The number of hydrogen-bond acceptors (Lipinski definition) is 6. The van der Waals surface area contributed by atoms with Crippen LogP contribution in [0, 0.1) is 0 Å². The number of aliphatic hydroxyl groups excluding tert-OH is 1. The van der Waals surface area contributed by atoms with Crippen LogP contribution in [0.5, 0.6) is 0 Å². The number of rotatable bonds is 6. The van der Waals surface area contributed by atoms with Crippen molar-refractivity contribution in [2.45, 2.75) is 25.8 Å². The maximum Gasteiger partial charge on any atom is 0.222 e. The van der Waals surface area contributed by atoms with Crippen molar-refractivity contribution in [3.05, 3.63) is 35.9 Å². The molecule has 0 spiro atoms. The van der Waals surface area contributed by atoms with Crippen LogP contribution in [0.25, 0.3) is 11.3 Å². The normalized spacial score (nSPS) is 16.2. The van der Waals surface area contributed by atoms with Crippen molar-refractivity contribution < 1.29 is 5.11 Å². The lowest BCUT2D eigenvalue weighted by Crippen LogP contribution is -2.23. The van der Waals surface area contributed by atoms with Crippen LogP contribution < -0.4 is 11.1 Å². The van der Waals surface area contributed by atoms with E-state index in [4.69, 9.17) is 10.8 Å². The molecule has 1 saturated heterocycles. The summed E-state index contributed by atoms with van der Waals surface area (Å²) in [5.74, 6) is 0.850. The molecule has 1 aromatic heterocycles. The summed E-state index contributed by atoms with van der Waals surface area (Å²) in [6.07, 6.45) is 2.60. The van der Waals surface area contributed by atoms with Crippen LogP contribution in [-0.2, 0) is 0 Å². The molecule has 2 aromatic rings. The number of nitrogens with two attached hydrogens (primary N) is 1. The van der Waals surface area contributed by atoms with Crippen molar-refractivity contribution in [2.24, 2.45) is 0 Å². The average molecular weight is 327 g/mol. The van der Waals surface area contributed by atoms with Gasteiger partial charge >= 0.3 is 0 Å². The van der Waals surface area contributed by atoms with Crippen LogP contribution >= 0.6 is 0 Å². The van der Waals surface area contributed by atoms with E-state index in [0.29, 0.717) is 18.4 Å². The molecular formula is C18H25N5O. The summed E-state index contributed by atoms with van der Waals surface area (Å²) < 4.78 is 0. The highest BCUT2D eigenvalue weighted by molar-refractivity contribution is 5.64. The summed E-state index contributed by atoms with van der Waals surface area (Å²) in [6, 6.07) is 10.8. The van der Waals surface area contributed by atoms with E-state index in [1.165, 1.54) is 31.5 Å². The minimum atomic E-state index is 0.0440. The SMILES string of the molecule is C[C@@H](c1ccc(-c2cc(NCCO)nc(N)n2)cc1)N1CCCC1.